The zero-order valence-corrected chi connectivity index (χ0v) is 11.3. The third-order valence-corrected chi connectivity index (χ3v) is 3.93. The van der Waals surface area contributed by atoms with Crippen LogP contribution in [0.5, 0.6) is 0 Å². The minimum absolute atomic E-state index is 0.251. The van der Waals surface area contributed by atoms with Crippen molar-refractivity contribution in [2.24, 2.45) is 0 Å². The van der Waals surface area contributed by atoms with Crippen LogP contribution < -0.4 is 10.6 Å². The van der Waals surface area contributed by atoms with Gasteiger partial charge in [0.05, 0.1) is 6.10 Å². The van der Waals surface area contributed by atoms with Crippen LogP contribution in [-0.4, -0.2) is 62.4 Å². The molecule has 0 aromatic carbocycles. The van der Waals surface area contributed by atoms with Crippen LogP contribution in [0.2, 0.25) is 0 Å². The summed E-state index contributed by atoms with van der Waals surface area (Å²) >= 11 is 0. The number of piperazine rings is 1. The minimum Gasteiger partial charge on any atom is -0.377 e. The van der Waals surface area contributed by atoms with E-state index in [1.165, 1.54) is 12.8 Å². The normalized spacial score (nSPS) is 27.5. The topological polar surface area (TPSA) is 36.5 Å². The first-order valence-electron chi connectivity index (χ1n) is 6.96. The van der Waals surface area contributed by atoms with Gasteiger partial charge >= 0.3 is 0 Å². The van der Waals surface area contributed by atoms with Crippen molar-refractivity contribution in [1.82, 2.24) is 15.5 Å². The lowest BCUT2D eigenvalue weighted by atomic mass is 10.0. The molecule has 2 aliphatic rings. The lowest BCUT2D eigenvalue weighted by Crippen LogP contribution is -2.57. The van der Waals surface area contributed by atoms with Crippen LogP contribution >= 0.6 is 0 Å². The molecule has 2 heterocycles. The molecule has 2 fully saturated rings. The number of ether oxygens (including phenoxy) is 1. The molecule has 0 aromatic rings. The van der Waals surface area contributed by atoms with Crippen molar-refractivity contribution in [1.29, 1.82) is 0 Å². The highest BCUT2D eigenvalue weighted by atomic mass is 16.5. The molecule has 2 rings (SSSR count). The van der Waals surface area contributed by atoms with Crippen molar-refractivity contribution in [2.45, 2.75) is 38.3 Å². The number of nitrogens with one attached hydrogen (secondary N) is 2. The van der Waals surface area contributed by atoms with Gasteiger partial charge in [-0.25, -0.2) is 0 Å². The van der Waals surface area contributed by atoms with E-state index < -0.39 is 0 Å². The van der Waals surface area contributed by atoms with Crippen LogP contribution in [0.4, 0.5) is 0 Å². The molecular formula is C13H27N3O. The molecule has 2 N–H and O–H groups in total. The highest BCUT2D eigenvalue weighted by molar-refractivity contribution is 4.87. The van der Waals surface area contributed by atoms with E-state index in [1.807, 2.05) is 0 Å². The van der Waals surface area contributed by atoms with Crippen LogP contribution in [-0.2, 0) is 4.74 Å². The van der Waals surface area contributed by atoms with E-state index in [-0.39, 0.29) is 5.54 Å². The highest BCUT2D eigenvalue weighted by Gasteiger charge is 2.27. The zero-order valence-electron chi connectivity index (χ0n) is 11.3. The predicted octanol–water partition coefficient (Wildman–Crippen LogP) is 0.439. The molecule has 0 radical (unpaired) electrons. The van der Waals surface area contributed by atoms with Crippen molar-refractivity contribution in [3.8, 4) is 0 Å². The zero-order chi connectivity index (χ0) is 12.1. The van der Waals surface area contributed by atoms with Crippen LogP contribution in [0.15, 0.2) is 0 Å². The molecule has 2 aliphatic heterocycles. The van der Waals surface area contributed by atoms with Crippen molar-refractivity contribution in [3.05, 3.63) is 0 Å². The van der Waals surface area contributed by atoms with Crippen LogP contribution in [0.3, 0.4) is 0 Å². The molecule has 100 valence electrons. The second-order valence-corrected chi connectivity index (χ2v) is 5.82. The molecule has 1 atom stereocenters. The summed E-state index contributed by atoms with van der Waals surface area (Å²) in [7, 11) is 0. The fraction of sp³-hybridized carbons (Fsp3) is 1.00. The van der Waals surface area contributed by atoms with Gasteiger partial charge in [0.15, 0.2) is 0 Å². The highest BCUT2D eigenvalue weighted by Crippen LogP contribution is 2.15. The Bertz CT molecular complexity index is 221. The van der Waals surface area contributed by atoms with E-state index in [0.717, 1.165) is 45.9 Å². The van der Waals surface area contributed by atoms with Crippen molar-refractivity contribution in [3.63, 3.8) is 0 Å². The lowest BCUT2D eigenvalue weighted by molar-refractivity contribution is 0.0854. The molecule has 17 heavy (non-hydrogen) atoms. The molecule has 0 aliphatic carbocycles. The van der Waals surface area contributed by atoms with Crippen molar-refractivity contribution < 1.29 is 4.74 Å². The van der Waals surface area contributed by atoms with Gasteiger partial charge in [0.25, 0.3) is 0 Å². The molecule has 4 nitrogen and oxygen atoms in total. The second kappa shape index (κ2) is 6.14. The van der Waals surface area contributed by atoms with Crippen LogP contribution in [0.1, 0.15) is 26.7 Å². The fourth-order valence-electron chi connectivity index (χ4n) is 2.73. The molecule has 2 saturated heterocycles. The van der Waals surface area contributed by atoms with Gasteiger partial charge in [-0.3, -0.25) is 4.90 Å². The van der Waals surface area contributed by atoms with Gasteiger partial charge in [0, 0.05) is 51.4 Å². The Morgan fingerprint density at radius 3 is 2.76 bits per heavy atom. The molecule has 0 saturated carbocycles. The van der Waals surface area contributed by atoms with E-state index >= 15 is 0 Å². The molecule has 4 heteroatoms. The molecule has 0 amide bonds. The monoisotopic (exact) mass is 241 g/mol. The Morgan fingerprint density at radius 1 is 1.35 bits per heavy atom. The summed E-state index contributed by atoms with van der Waals surface area (Å²) in [5, 5.41) is 6.98. The van der Waals surface area contributed by atoms with Gasteiger partial charge in [0.2, 0.25) is 0 Å². The number of hydrogen-bond donors (Lipinski definition) is 2. The second-order valence-electron chi connectivity index (χ2n) is 5.82. The Hall–Kier alpha value is -0.160. The van der Waals surface area contributed by atoms with Gasteiger partial charge in [-0.15, -0.1) is 0 Å². The number of rotatable bonds is 5. The standard InChI is InChI=1S/C13H27N3O/c1-13(2,16-7-5-14-6-8-16)11-15-10-12-4-3-9-17-12/h12,14-15H,3-11H2,1-2H3. The summed E-state index contributed by atoms with van der Waals surface area (Å²) < 4.78 is 5.63. The summed E-state index contributed by atoms with van der Waals surface area (Å²) in [6.07, 6.45) is 2.91. The Balaban J connectivity index is 1.68. The SMILES string of the molecule is CC(C)(CNCC1CCCO1)N1CCNCC1. The summed E-state index contributed by atoms with van der Waals surface area (Å²) in [6.45, 7) is 12.2. The first-order chi connectivity index (χ1) is 8.18. The molecular weight excluding hydrogens is 214 g/mol. The van der Waals surface area contributed by atoms with Gasteiger partial charge in [-0.05, 0) is 26.7 Å². The van der Waals surface area contributed by atoms with Gasteiger partial charge < -0.3 is 15.4 Å². The van der Waals surface area contributed by atoms with E-state index in [2.05, 4.69) is 29.4 Å². The van der Waals surface area contributed by atoms with E-state index in [0.29, 0.717) is 6.10 Å². The van der Waals surface area contributed by atoms with E-state index in [9.17, 15) is 0 Å². The quantitative estimate of drug-likeness (QED) is 0.732. The van der Waals surface area contributed by atoms with Crippen LogP contribution in [0, 0.1) is 0 Å². The molecule has 0 aromatic heterocycles. The Morgan fingerprint density at radius 2 is 2.12 bits per heavy atom. The third kappa shape index (κ3) is 3.91. The smallest absolute Gasteiger partial charge is 0.0700 e. The fourth-order valence-corrected chi connectivity index (χ4v) is 2.73. The maximum atomic E-state index is 5.63. The van der Waals surface area contributed by atoms with E-state index in [1.54, 1.807) is 0 Å². The first-order valence-corrected chi connectivity index (χ1v) is 6.96. The van der Waals surface area contributed by atoms with E-state index in [4.69, 9.17) is 4.74 Å². The molecule has 0 spiro atoms. The average Bonchev–Trinajstić information content (AvgIpc) is 2.83. The third-order valence-electron chi connectivity index (χ3n) is 3.93. The summed E-state index contributed by atoms with van der Waals surface area (Å²) in [4.78, 5) is 2.58. The lowest BCUT2D eigenvalue weighted by Gasteiger charge is -2.41. The Kier molecular flexibility index (Phi) is 4.79. The van der Waals surface area contributed by atoms with Gasteiger partial charge in [-0.2, -0.15) is 0 Å². The van der Waals surface area contributed by atoms with Crippen molar-refractivity contribution >= 4 is 0 Å². The molecule has 0 bridgehead atoms. The number of hydrogen-bond acceptors (Lipinski definition) is 4. The maximum absolute atomic E-state index is 5.63. The summed E-state index contributed by atoms with van der Waals surface area (Å²) in [6, 6.07) is 0. The average molecular weight is 241 g/mol. The summed E-state index contributed by atoms with van der Waals surface area (Å²) in [5.74, 6) is 0. The van der Waals surface area contributed by atoms with Crippen LogP contribution in [0.25, 0.3) is 0 Å². The largest absolute Gasteiger partial charge is 0.377 e. The van der Waals surface area contributed by atoms with Gasteiger partial charge in [-0.1, -0.05) is 0 Å². The number of nitrogens with zero attached hydrogens (tertiary/aromatic N) is 1. The predicted molar refractivity (Wildman–Crippen MR) is 70.4 cm³/mol. The van der Waals surface area contributed by atoms with Gasteiger partial charge in [0.1, 0.15) is 0 Å². The first kappa shape index (κ1) is 13.3. The Labute approximate surface area is 105 Å². The molecule has 1 unspecified atom stereocenters. The van der Waals surface area contributed by atoms with Crippen molar-refractivity contribution in [2.75, 3.05) is 45.9 Å². The maximum Gasteiger partial charge on any atom is 0.0700 e. The minimum atomic E-state index is 0.251. The summed E-state index contributed by atoms with van der Waals surface area (Å²) in [5.41, 5.74) is 0.251.